The zero-order chi connectivity index (χ0) is 10.9. The second-order valence-corrected chi connectivity index (χ2v) is 5.12. The predicted octanol–water partition coefficient (Wildman–Crippen LogP) is 1.00. The topological polar surface area (TPSA) is 70.5 Å². The molecule has 0 aromatic heterocycles. The molecule has 0 unspecified atom stereocenters. The Kier molecular flexibility index (Phi) is 3.30. The third-order valence-corrected chi connectivity index (χ3v) is 3.77. The monoisotopic (exact) mass is 214 g/mol. The van der Waals surface area contributed by atoms with Crippen molar-refractivity contribution in [2.24, 2.45) is 29.2 Å². The van der Waals surface area contributed by atoms with Gasteiger partial charge in [-0.25, -0.2) is 0 Å². The summed E-state index contributed by atoms with van der Waals surface area (Å²) in [5.74, 6) is 2.10. The van der Waals surface area contributed by atoms with Crippen molar-refractivity contribution in [3.63, 3.8) is 0 Å². The van der Waals surface area contributed by atoms with Crippen LogP contribution in [0.3, 0.4) is 0 Å². The fourth-order valence-electron chi connectivity index (χ4n) is 2.59. The van der Waals surface area contributed by atoms with E-state index in [1.54, 1.807) is 0 Å². The zero-order valence-electron chi connectivity index (χ0n) is 9.45. The summed E-state index contributed by atoms with van der Waals surface area (Å²) >= 11 is 0. The van der Waals surface area contributed by atoms with Gasteiger partial charge in [-0.15, -0.1) is 0 Å². The first-order valence-electron chi connectivity index (χ1n) is 5.92. The molecular weight excluding hydrogens is 192 g/mol. The maximum absolute atomic E-state index is 5.52. The summed E-state index contributed by atoms with van der Waals surface area (Å²) in [5, 5.41) is 0. The van der Waals surface area contributed by atoms with Crippen molar-refractivity contribution in [3.05, 3.63) is 0 Å². The van der Waals surface area contributed by atoms with Crippen LogP contribution < -0.4 is 11.5 Å². The highest BCUT2D eigenvalue weighted by Crippen LogP contribution is 2.35. The van der Waals surface area contributed by atoms with Gasteiger partial charge in [-0.3, -0.25) is 11.5 Å². The molecule has 0 aromatic rings. The van der Waals surface area contributed by atoms with Crippen LogP contribution in [0.5, 0.6) is 0 Å². The molecule has 2 fully saturated rings. The molecule has 1 saturated heterocycles. The Bertz CT molecular complexity index is 203. The Hall–Kier alpha value is -0.160. The summed E-state index contributed by atoms with van der Waals surface area (Å²) < 4.78 is 10.6. The van der Waals surface area contributed by atoms with Crippen LogP contribution in [0.1, 0.15) is 32.6 Å². The molecule has 0 aromatic carbocycles. The van der Waals surface area contributed by atoms with Crippen LogP contribution in [0, 0.1) is 17.8 Å². The van der Waals surface area contributed by atoms with Gasteiger partial charge in [0.2, 0.25) is 0 Å². The Morgan fingerprint density at radius 2 is 1.47 bits per heavy atom. The van der Waals surface area contributed by atoms with Crippen molar-refractivity contribution in [1.29, 1.82) is 0 Å². The Balaban J connectivity index is 1.80. The molecule has 1 heterocycles. The third-order valence-electron chi connectivity index (χ3n) is 3.77. The summed E-state index contributed by atoms with van der Waals surface area (Å²) in [5.41, 5.74) is 11.0. The molecular formula is C11H22N2O2. The molecule has 0 atom stereocenters. The van der Waals surface area contributed by atoms with Crippen LogP contribution in [0.2, 0.25) is 0 Å². The van der Waals surface area contributed by atoms with Gasteiger partial charge in [0.1, 0.15) is 0 Å². The van der Waals surface area contributed by atoms with Gasteiger partial charge >= 0.3 is 0 Å². The van der Waals surface area contributed by atoms with Crippen molar-refractivity contribution in [2.45, 2.75) is 38.6 Å². The molecule has 4 heteroatoms. The van der Waals surface area contributed by atoms with E-state index in [1.165, 1.54) is 25.7 Å². The van der Waals surface area contributed by atoms with E-state index in [-0.39, 0.29) is 0 Å². The highest BCUT2D eigenvalue weighted by Gasteiger charge is 2.34. The lowest BCUT2D eigenvalue weighted by Crippen LogP contribution is -2.59. The van der Waals surface area contributed by atoms with Crippen molar-refractivity contribution in [2.75, 3.05) is 13.2 Å². The Morgan fingerprint density at radius 3 is 2.00 bits per heavy atom. The minimum absolute atomic E-state index is 0.484. The highest BCUT2D eigenvalue weighted by molar-refractivity contribution is 4.78. The molecule has 1 saturated carbocycles. The van der Waals surface area contributed by atoms with E-state index in [1.807, 2.05) is 0 Å². The fourth-order valence-corrected chi connectivity index (χ4v) is 2.59. The SMILES string of the molecule is CC1CCC(C2COC(N)(N)OC2)CC1. The van der Waals surface area contributed by atoms with Crippen LogP contribution in [-0.2, 0) is 9.47 Å². The molecule has 0 radical (unpaired) electrons. The molecule has 0 amide bonds. The lowest BCUT2D eigenvalue weighted by Gasteiger charge is -2.39. The van der Waals surface area contributed by atoms with Gasteiger partial charge in [-0.2, -0.15) is 0 Å². The lowest BCUT2D eigenvalue weighted by molar-refractivity contribution is -0.283. The van der Waals surface area contributed by atoms with Crippen LogP contribution in [0.15, 0.2) is 0 Å². The zero-order valence-corrected chi connectivity index (χ0v) is 9.45. The molecule has 4 N–H and O–H groups in total. The number of hydrogen-bond donors (Lipinski definition) is 2. The van der Waals surface area contributed by atoms with Gasteiger partial charge in [0.05, 0.1) is 13.2 Å². The minimum atomic E-state index is -1.35. The second kappa shape index (κ2) is 4.37. The van der Waals surface area contributed by atoms with Gasteiger partial charge in [0.15, 0.2) is 0 Å². The van der Waals surface area contributed by atoms with Crippen molar-refractivity contribution >= 4 is 0 Å². The van der Waals surface area contributed by atoms with E-state index >= 15 is 0 Å². The van der Waals surface area contributed by atoms with E-state index < -0.39 is 6.03 Å². The summed E-state index contributed by atoms with van der Waals surface area (Å²) in [7, 11) is 0. The second-order valence-electron chi connectivity index (χ2n) is 5.12. The number of rotatable bonds is 1. The summed E-state index contributed by atoms with van der Waals surface area (Å²) in [6.07, 6.45) is 5.25. The number of hydrogen-bond acceptors (Lipinski definition) is 4. The standard InChI is InChI=1S/C11H22N2O2/c1-8-2-4-9(5-3-8)10-6-14-11(12,13)15-7-10/h8-10H,2-7,12-13H2,1H3. The molecule has 1 aliphatic carbocycles. The molecule has 0 spiro atoms. The van der Waals surface area contributed by atoms with E-state index in [0.717, 1.165) is 11.8 Å². The van der Waals surface area contributed by atoms with Crippen LogP contribution in [0.4, 0.5) is 0 Å². The largest absolute Gasteiger partial charge is 0.325 e. The van der Waals surface area contributed by atoms with Gasteiger partial charge < -0.3 is 9.47 Å². The van der Waals surface area contributed by atoms with E-state index in [2.05, 4.69) is 6.92 Å². The average Bonchev–Trinajstić information content (AvgIpc) is 2.20. The number of nitrogens with two attached hydrogens (primary N) is 2. The van der Waals surface area contributed by atoms with Crippen LogP contribution >= 0.6 is 0 Å². The van der Waals surface area contributed by atoms with E-state index in [0.29, 0.717) is 19.1 Å². The van der Waals surface area contributed by atoms with E-state index in [9.17, 15) is 0 Å². The van der Waals surface area contributed by atoms with Gasteiger partial charge in [-0.05, 0) is 24.7 Å². The molecule has 1 aliphatic heterocycles. The Labute approximate surface area is 91.3 Å². The smallest absolute Gasteiger partial charge is 0.286 e. The van der Waals surface area contributed by atoms with Crippen LogP contribution in [-0.4, -0.2) is 19.2 Å². The van der Waals surface area contributed by atoms with Crippen LogP contribution in [0.25, 0.3) is 0 Å². The third kappa shape index (κ3) is 2.91. The normalized spacial score (nSPS) is 37.8. The maximum atomic E-state index is 5.52. The summed E-state index contributed by atoms with van der Waals surface area (Å²) in [6, 6.07) is -1.35. The maximum Gasteiger partial charge on any atom is 0.286 e. The molecule has 2 rings (SSSR count). The van der Waals surface area contributed by atoms with Crippen molar-refractivity contribution in [1.82, 2.24) is 0 Å². The first-order valence-corrected chi connectivity index (χ1v) is 5.92. The van der Waals surface area contributed by atoms with Gasteiger partial charge in [0, 0.05) is 5.92 Å². The first-order chi connectivity index (χ1) is 7.07. The van der Waals surface area contributed by atoms with E-state index in [4.69, 9.17) is 20.9 Å². The quantitative estimate of drug-likeness (QED) is 0.639. The Morgan fingerprint density at radius 1 is 0.933 bits per heavy atom. The lowest BCUT2D eigenvalue weighted by atomic mass is 9.76. The van der Waals surface area contributed by atoms with Crippen molar-refractivity contribution in [3.8, 4) is 0 Å². The first kappa shape index (κ1) is 11.3. The molecule has 2 aliphatic rings. The molecule has 4 nitrogen and oxygen atoms in total. The molecule has 88 valence electrons. The minimum Gasteiger partial charge on any atom is -0.325 e. The highest BCUT2D eigenvalue weighted by atomic mass is 16.7. The number of ether oxygens (including phenoxy) is 2. The fraction of sp³-hybridized carbons (Fsp3) is 1.00. The summed E-state index contributed by atoms with van der Waals surface area (Å²) in [4.78, 5) is 0. The van der Waals surface area contributed by atoms with Gasteiger partial charge in [0.25, 0.3) is 6.03 Å². The van der Waals surface area contributed by atoms with Crippen molar-refractivity contribution < 1.29 is 9.47 Å². The van der Waals surface area contributed by atoms with Gasteiger partial charge in [-0.1, -0.05) is 19.8 Å². The average molecular weight is 214 g/mol. The predicted molar refractivity (Wildman–Crippen MR) is 57.6 cm³/mol. The summed E-state index contributed by atoms with van der Waals surface area (Å²) in [6.45, 7) is 3.62. The molecule has 0 bridgehead atoms. The molecule has 15 heavy (non-hydrogen) atoms.